The summed E-state index contributed by atoms with van der Waals surface area (Å²) in [4.78, 5) is 14.4. The molecule has 2 rings (SSSR count). The minimum atomic E-state index is -0.652. The molecule has 1 aliphatic heterocycles. The summed E-state index contributed by atoms with van der Waals surface area (Å²) in [5.74, 6) is 0.943. The van der Waals surface area contributed by atoms with Gasteiger partial charge in [-0.15, -0.1) is 0 Å². The zero-order chi connectivity index (χ0) is 15.5. The molecule has 122 valence electrons. The third kappa shape index (κ3) is 4.43. The highest BCUT2D eigenvalue weighted by molar-refractivity contribution is 5.82. The molecule has 0 spiro atoms. The summed E-state index contributed by atoms with van der Waals surface area (Å²) in [5, 5.41) is 14.2. The van der Waals surface area contributed by atoms with Gasteiger partial charge < -0.3 is 15.3 Å². The van der Waals surface area contributed by atoms with Crippen LogP contribution in [0.2, 0.25) is 0 Å². The van der Waals surface area contributed by atoms with Crippen molar-refractivity contribution in [3.8, 4) is 0 Å². The predicted molar refractivity (Wildman–Crippen MR) is 85.1 cm³/mol. The van der Waals surface area contributed by atoms with Crippen molar-refractivity contribution in [3.63, 3.8) is 0 Å². The van der Waals surface area contributed by atoms with Crippen molar-refractivity contribution in [1.29, 1.82) is 0 Å². The SMILES string of the molecule is CCC1CCC(O)(CN2CCCC(NC(C)C)C2=O)CC1. The van der Waals surface area contributed by atoms with Crippen molar-refractivity contribution in [2.45, 2.75) is 83.4 Å². The first kappa shape index (κ1) is 16.8. The minimum Gasteiger partial charge on any atom is -0.388 e. The van der Waals surface area contributed by atoms with E-state index < -0.39 is 5.60 Å². The quantitative estimate of drug-likeness (QED) is 0.818. The predicted octanol–water partition coefficient (Wildman–Crippen LogP) is 2.31. The van der Waals surface area contributed by atoms with Gasteiger partial charge >= 0.3 is 0 Å². The summed E-state index contributed by atoms with van der Waals surface area (Å²) in [5.41, 5.74) is -0.652. The lowest BCUT2D eigenvalue weighted by Gasteiger charge is -2.42. The fourth-order valence-electron chi connectivity index (χ4n) is 3.79. The first-order valence-electron chi connectivity index (χ1n) is 8.71. The van der Waals surface area contributed by atoms with E-state index in [0.717, 1.165) is 51.0 Å². The van der Waals surface area contributed by atoms with Crippen LogP contribution in [0, 0.1) is 5.92 Å². The number of nitrogens with one attached hydrogen (secondary N) is 1. The molecule has 4 nitrogen and oxygen atoms in total. The fraction of sp³-hybridized carbons (Fsp3) is 0.941. The molecule has 1 unspecified atom stereocenters. The number of carbonyl (C=O) groups excluding carboxylic acids is 1. The first-order chi connectivity index (χ1) is 9.93. The molecule has 21 heavy (non-hydrogen) atoms. The monoisotopic (exact) mass is 296 g/mol. The average molecular weight is 296 g/mol. The van der Waals surface area contributed by atoms with Gasteiger partial charge in [0.2, 0.25) is 5.91 Å². The molecular weight excluding hydrogens is 264 g/mol. The Bertz CT molecular complexity index is 349. The number of hydrogen-bond acceptors (Lipinski definition) is 3. The number of rotatable bonds is 5. The van der Waals surface area contributed by atoms with Crippen molar-refractivity contribution in [3.05, 3.63) is 0 Å². The number of nitrogens with zero attached hydrogens (tertiary/aromatic N) is 1. The maximum atomic E-state index is 12.5. The van der Waals surface area contributed by atoms with Crippen LogP contribution in [0.4, 0.5) is 0 Å². The molecule has 0 aromatic rings. The van der Waals surface area contributed by atoms with E-state index in [-0.39, 0.29) is 11.9 Å². The molecule has 4 heteroatoms. The Hall–Kier alpha value is -0.610. The topological polar surface area (TPSA) is 52.6 Å². The Morgan fingerprint density at radius 1 is 1.33 bits per heavy atom. The molecule has 0 bridgehead atoms. The van der Waals surface area contributed by atoms with Gasteiger partial charge in [-0.1, -0.05) is 27.2 Å². The molecule has 2 aliphatic rings. The maximum absolute atomic E-state index is 12.5. The first-order valence-corrected chi connectivity index (χ1v) is 8.71. The second-order valence-corrected chi connectivity index (χ2v) is 7.35. The van der Waals surface area contributed by atoms with Crippen molar-refractivity contribution < 1.29 is 9.90 Å². The summed E-state index contributed by atoms with van der Waals surface area (Å²) < 4.78 is 0. The van der Waals surface area contributed by atoms with Gasteiger partial charge in [0.15, 0.2) is 0 Å². The van der Waals surface area contributed by atoms with E-state index in [4.69, 9.17) is 0 Å². The fourth-order valence-corrected chi connectivity index (χ4v) is 3.79. The Kier molecular flexibility index (Phi) is 5.67. The molecule has 1 heterocycles. The number of carbonyl (C=O) groups is 1. The Labute approximate surface area is 129 Å². The van der Waals surface area contributed by atoms with Crippen molar-refractivity contribution >= 4 is 5.91 Å². The van der Waals surface area contributed by atoms with Crippen LogP contribution in [0.3, 0.4) is 0 Å². The summed E-state index contributed by atoms with van der Waals surface area (Å²) in [6.07, 6.45) is 7.05. The number of hydrogen-bond donors (Lipinski definition) is 2. The lowest BCUT2D eigenvalue weighted by molar-refractivity contribution is -0.141. The highest BCUT2D eigenvalue weighted by atomic mass is 16.3. The Morgan fingerprint density at radius 3 is 2.57 bits per heavy atom. The van der Waals surface area contributed by atoms with Gasteiger partial charge in [0.1, 0.15) is 0 Å². The third-order valence-electron chi connectivity index (χ3n) is 5.16. The van der Waals surface area contributed by atoms with Gasteiger partial charge in [0, 0.05) is 19.1 Å². The third-order valence-corrected chi connectivity index (χ3v) is 5.16. The van der Waals surface area contributed by atoms with E-state index in [0.29, 0.717) is 12.6 Å². The smallest absolute Gasteiger partial charge is 0.239 e. The summed E-state index contributed by atoms with van der Waals surface area (Å²) in [6, 6.07) is 0.260. The summed E-state index contributed by atoms with van der Waals surface area (Å²) >= 11 is 0. The van der Waals surface area contributed by atoms with E-state index in [9.17, 15) is 9.90 Å². The van der Waals surface area contributed by atoms with Crippen LogP contribution in [0.1, 0.15) is 65.7 Å². The van der Waals surface area contributed by atoms with Gasteiger partial charge in [-0.2, -0.15) is 0 Å². The molecule has 1 amide bonds. The summed E-state index contributed by atoms with van der Waals surface area (Å²) in [6.45, 7) is 7.70. The second kappa shape index (κ2) is 7.10. The normalized spacial score (nSPS) is 34.5. The Morgan fingerprint density at radius 2 is 2.00 bits per heavy atom. The Balaban J connectivity index is 1.91. The van der Waals surface area contributed by atoms with Crippen LogP contribution >= 0.6 is 0 Å². The second-order valence-electron chi connectivity index (χ2n) is 7.35. The van der Waals surface area contributed by atoms with Crippen LogP contribution < -0.4 is 5.32 Å². The zero-order valence-electron chi connectivity index (χ0n) is 13.9. The average Bonchev–Trinajstić information content (AvgIpc) is 2.44. The van der Waals surface area contributed by atoms with Crippen LogP contribution in [-0.4, -0.2) is 46.7 Å². The van der Waals surface area contributed by atoms with Crippen LogP contribution in [0.5, 0.6) is 0 Å². The van der Waals surface area contributed by atoms with E-state index in [1.165, 1.54) is 6.42 Å². The van der Waals surface area contributed by atoms with Gasteiger partial charge in [0.25, 0.3) is 0 Å². The molecule has 1 saturated carbocycles. The standard InChI is InChI=1S/C17H32N2O2/c1-4-14-7-9-17(21,10-8-14)12-19-11-5-6-15(16(19)20)18-13(2)3/h13-15,18,21H,4-12H2,1-3H3. The number of amides is 1. The molecule has 1 aliphatic carbocycles. The molecule has 0 radical (unpaired) electrons. The van der Waals surface area contributed by atoms with Crippen LogP contribution in [0.25, 0.3) is 0 Å². The van der Waals surface area contributed by atoms with E-state index in [1.807, 2.05) is 4.90 Å². The zero-order valence-corrected chi connectivity index (χ0v) is 13.9. The van der Waals surface area contributed by atoms with Gasteiger partial charge in [-0.3, -0.25) is 4.79 Å². The number of piperidine rings is 1. The molecule has 2 fully saturated rings. The molecule has 0 aromatic heterocycles. The molecule has 1 saturated heterocycles. The maximum Gasteiger partial charge on any atom is 0.239 e. The van der Waals surface area contributed by atoms with Gasteiger partial charge in [0.05, 0.1) is 11.6 Å². The molecule has 0 aromatic carbocycles. The van der Waals surface area contributed by atoms with Gasteiger partial charge in [-0.05, 0) is 44.4 Å². The van der Waals surface area contributed by atoms with E-state index >= 15 is 0 Å². The highest BCUT2D eigenvalue weighted by Gasteiger charge is 2.38. The lowest BCUT2D eigenvalue weighted by atomic mass is 9.77. The van der Waals surface area contributed by atoms with Crippen LogP contribution in [0.15, 0.2) is 0 Å². The number of β-amino-alcohol motifs (C(OH)–C–C–N with tert-alkyl or cyclic N) is 1. The largest absolute Gasteiger partial charge is 0.388 e. The molecule has 2 N–H and O–H groups in total. The van der Waals surface area contributed by atoms with Crippen molar-refractivity contribution in [1.82, 2.24) is 10.2 Å². The summed E-state index contributed by atoms with van der Waals surface area (Å²) in [7, 11) is 0. The highest BCUT2D eigenvalue weighted by Crippen LogP contribution is 2.34. The molecule has 1 atom stereocenters. The minimum absolute atomic E-state index is 0.0608. The molecular formula is C17H32N2O2. The van der Waals surface area contributed by atoms with Crippen molar-refractivity contribution in [2.24, 2.45) is 5.92 Å². The van der Waals surface area contributed by atoms with E-state index in [1.54, 1.807) is 0 Å². The number of likely N-dealkylation sites (tertiary alicyclic amines) is 1. The number of aliphatic hydroxyl groups is 1. The van der Waals surface area contributed by atoms with Gasteiger partial charge in [-0.25, -0.2) is 0 Å². The van der Waals surface area contributed by atoms with Crippen molar-refractivity contribution in [2.75, 3.05) is 13.1 Å². The van der Waals surface area contributed by atoms with E-state index in [2.05, 4.69) is 26.1 Å². The lowest BCUT2D eigenvalue weighted by Crippen LogP contribution is -2.56. The van der Waals surface area contributed by atoms with Crippen LogP contribution in [-0.2, 0) is 4.79 Å².